The smallest absolute Gasteiger partial charge is 0.137 e. The molecule has 0 aliphatic carbocycles. The van der Waals surface area contributed by atoms with Crippen molar-refractivity contribution >= 4 is 33.2 Å². The van der Waals surface area contributed by atoms with Gasteiger partial charge < -0.3 is 14.5 Å². The molecule has 0 N–H and O–H groups in total. The molecule has 6 aromatic carbocycles. The number of nitrogens with zero attached hydrogens (tertiary/aromatic N) is 4. The summed E-state index contributed by atoms with van der Waals surface area (Å²) in [6.45, 7) is 35.5. The lowest BCUT2D eigenvalue weighted by Crippen LogP contribution is -2.31. The Bertz CT molecular complexity index is 3170. The van der Waals surface area contributed by atoms with Crippen molar-refractivity contribution in [3.8, 4) is 39.6 Å². The summed E-state index contributed by atoms with van der Waals surface area (Å²) in [7, 11) is 0. The lowest BCUT2D eigenvalue weighted by Gasteiger charge is -2.35. The number of anilines is 2. The number of rotatable bonds is 7. The van der Waals surface area contributed by atoms with Crippen LogP contribution in [0.2, 0.25) is 0 Å². The SMILES string of the molecule is CC(C)(C)C1=C(C(C)(C)C)N(c2cc(-c3ccccc3)c(C(C)(C)C)c(-c3ccccc3)c2)CN1c1cc(Oc2ccc3c4ccccc4n(-c4cc(C(C)(C)C)ccn4)c3c2)cc(C(C)(C)C)c1. The number of para-hydroxylation sites is 1. The van der Waals surface area contributed by atoms with Crippen molar-refractivity contribution in [2.45, 2.75) is 120 Å². The Morgan fingerprint density at radius 2 is 0.942 bits per heavy atom. The van der Waals surface area contributed by atoms with Crippen molar-refractivity contribution in [1.29, 1.82) is 0 Å². The van der Waals surface area contributed by atoms with E-state index in [2.05, 4.69) is 264 Å². The molecular weight excluding hydrogens is 841 g/mol. The summed E-state index contributed by atoms with van der Waals surface area (Å²) < 4.78 is 9.39. The number of ether oxygens (including phenoxy) is 1. The number of aromatic nitrogens is 2. The second kappa shape index (κ2) is 17.1. The van der Waals surface area contributed by atoms with Crippen molar-refractivity contribution in [2.24, 2.45) is 10.8 Å². The van der Waals surface area contributed by atoms with Crippen molar-refractivity contribution in [3.05, 3.63) is 180 Å². The van der Waals surface area contributed by atoms with Crippen LogP contribution in [-0.2, 0) is 16.2 Å². The third kappa shape index (κ3) is 9.21. The Morgan fingerprint density at radius 3 is 1.48 bits per heavy atom. The molecular formula is C64H72N4O. The zero-order valence-electron chi connectivity index (χ0n) is 43.8. The number of pyridine rings is 1. The molecule has 2 aromatic heterocycles. The Balaban J connectivity index is 1.21. The summed E-state index contributed by atoms with van der Waals surface area (Å²) in [4.78, 5) is 10.1. The van der Waals surface area contributed by atoms with Crippen LogP contribution in [0.4, 0.5) is 11.4 Å². The van der Waals surface area contributed by atoms with E-state index < -0.39 is 0 Å². The molecule has 0 fully saturated rings. The summed E-state index contributed by atoms with van der Waals surface area (Å²) in [5, 5.41) is 2.35. The summed E-state index contributed by atoms with van der Waals surface area (Å²) in [6.07, 6.45) is 1.94. The van der Waals surface area contributed by atoms with Crippen molar-refractivity contribution in [1.82, 2.24) is 9.55 Å². The highest BCUT2D eigenvalue weighted by Crippen LogP contribution is 2.51. The van der Waals surface area contributed by atoms with Gasteiger partial charge in [-0.05, 0) is 110 Å². The van der Waals surface area contributed by atoms with Gasteiger partial charge in [-0.3, -0.25) is 4.57 Å². The molecule has 8 aromatic rings. The molecule has 1 aliphatic rings. The first-order valence-electron chi connectivity index (χ1n) is 24.8. The Morgan fingerprint density at radius 1 is 0.420 bits per heavy atom. The molecule has 5 heteroatoms. The normalized spacial score (nSPS) is 14.1. The van der Waals surface area contributed by atoms with E-state index in [-0.39, 0.29) is 27.1 Å². The van der Waals surface area contributed by atoms with Crippen LogP contribution in [0.3, 0.4) is 0 Å². The van der Waals surface area contributed by atoms with Gasteiger partial charge in [-0.15, -0.1) is 0 Å². The maximum atomic E-state index is 7.10. The van der Waals surface area contributed by atoms with Crippen LogP contribution in [-0.4, -0.2) is 16.2 Å². The number of benzene rings is 6. The third-order valence-electron chi connectivity index (χ3n) is 13.6. The van der Waals surface area contributed by atoms with Gasteiger partial charge in [0.1, 0.15) is 17.3 Å². The van der Waals surface area contributed by atoms with E-state index in [0.29, 0.717) is 6.67 Å². The predicted octanol–water partition coefficient (Wildman–Crippen LogP) is 17.8. The molecule has 69 heavy (non-hydrogen) atoms. The second-order valence-electron chi connectivity index (χ2n) is 24.3. The van der Waals surface area contributed by atoms with E-state index in [9.17, 15) is 0 Å². The lowest BCUT2D eigenvalue weighted by atomic mass is 9.76. The van der Waals surface area contributed by atoms with Crippen LogP contribution in [0.5, 0.6) is 11.5 Å². The van der Waals surface area contributed by atoms with Crippen molar-refractivity contribution in [2.75, 3.05) is 16.5 Å². The average Bonchev–Trinajstić information content (AvgIpc) is 3.87. The fourth-order valence-corrected chi connectivity index (χ4v) is 10.4. The number of hydrogen-bond donors (Lipinski definition) is 0. The van der Waals surface area contributed by atoms with E-state index in [1.165, 1.54) is 66.8 Å². The second-order valence-corrected chi connectivity index (χ2v) is 24.3. The minimum atomic E-state index is -0.206. The number of fused-ring (bicyclic) bond motifs is 3. The molecule has 354 valence electrons. The van der Waals surface area contributed by atoms with Gasteiger partial charge in [0, 0.05) is 62.7 Å². The van der Waals surface area contributed by atoms with Gasteiger partial charge in [0.2, 0.25) is 0 Å². The fourth-order valence-electron chi connectivity index (χ4n) is 10.4. The molecule has 5 nitrogen and oxygen atoms in total. The van der Waals surface area contributed by atoms with Crippen molar-refractivity contribution in [3.63, 3.8) is 0 Å². The standard InChI is InChI=1S/C64H72N4O/c1-60(2,3)44-32-33-65-56(36-44)68-54-29-23-22-28-50(54)51-31-30-48(40-55(51)68)69-49-35-45(61(4,5)6)34-46(37-49)66-41-67(59(64(13,14)15)58(66)63(10,11)12)47-38-52(42-24-18-16-19-25-42)57(62(7,8)9)53(39-47)43-26-20-17-21-27-43/h16-40H,41H2,1-15H3. The topological polar surface area (TPSA) is 33.5 Å². The van der Waals surface area contributed by atoms with Gasteiger partial charge >= 0.3 is 0 Å². The van der Waals surface area contributed by atoms with Gasteiger partial charge in [0.25, 0.3) is 0 Å². The zero-order chi connectivity index (χ0) is 49.4. The molecule has 0 saturated heterocycles. The number of allylic oxidation sites excluding steroid dienone is 2. The molecule has 0 unspecified atom stereocenters. The molecule has 0 radical (unpaired) electrons. The summed E-state index contributed by atoms with van der Waals surface area (Å²) in [5.41, 5.74) is 15.2. The molecule has 1 aliphatic heterocycles. The van der Waals surface area contributed by atoms with Crippen LogP contribution in [0.1, 0.15) is 121 Å². The van der Waals surface area contributed by atoms with Crippen LogP contribution in [0.25, 0.3) is 49.9 Å². The minimum absolute atomic E-state index is 0.0182. The summed E-state index contributed by atoms with van der Waals surface area (Å²) in [6, 6.07) is 53.2. The zero-order valence-corrected chi connectivity index (χ0v) is 43.8. The van der Waals surface area contributed by atoms with Crippen LogP contribution >= 0.6 is 0 Å². The van der Waals surface area contributed by atoms with E-state index in [1.807, 2.05) is 6.20 Å². The van der Waals surface area contributed by atoms with Crippen molar-refractivity contribution < 1.29 is 4.74 Å². The van der Waals surface area contributed by atoms with E-state index >= 15 is 0 Å². The number of hydrogen-bond acceptors (Lipinski definition) is 4. The van der Waals surface area contributed by atoms with E-state index in [0.717, 1.165) is 34.0 Å². The minimum Gasteiger partial charge on any atom is -0.457 e. The largest absolute Gasteiger partial charge is 0.457 e. The molecule has 0 amide bonds. The third-order valence-corrected chi connectivity index (χ3v) is 13.6. The van der Waals surface area contributed by atoms with Gasteiger partial charge in [-0.25, -0.2) is 4.98 Å². The Hall–Kier alpha value is -6.59. The van der Waals surface area contributed by atoms with Gasteiger partial charge in [-0.1, -0.05) is 183 Å². The molecule has 9 rings (SSSR count). The van der Waals surface area contributed by atoms with E-state index in [4.69, 9.17) is 9.72 Å². The molecule has 3 heterocycles. The average molecular weight is 913 g/mol. The van der Waals surface area contributed by atoms with E-state index in [1.54, 1.807) is 0 Å². The Kier molecular flexibility index (Phi) is 11.8. The molecule has 0 spiro atoms. The molecule has 0 atom stereocenters. The quantitative estimate of drug-likeness (QED) is 0.160. The summed E-state index contributed by atoms with van der Waals surface area (Å²) in [5.74, 6) is 2.49. The first-order valence-corrected chi connectivity index (χ1v) is 24.8. The molecule has 0 bridgehead atoms. The maximum absolute atomic E-state index is 7.10. The predicted molar refractivity (Wildman–Crippen MR) is 294 cm³/mol. The highest BCUT2D eigenvalue weighted by Gasteiger charge is 2.43. The molecule has 0 saturated carbocycles. The van der Waals surface area contributed by atoms with Gasteiger partial charge in [0.05, 0.1) is 17.7 Å². The fraction of sp³-hybridized carbons (Fsp3) is 0.328. The maximum Gasteiger partial charge on any atom is 0.137 e. The van der Waals surface area contributed by atoms with Crippen LogP contribution < -0.4 is 14.5 Å². The lowest BCUT2D eigenvalue weighted by molar-refractivity contribution is 0.444. The summed E-state index contributed by atoms with van der Waals surface area (Å²) >= 11 is 0. The van der Waals surface area contributed by atoms with Gasteiger partial charge in [-0.2, -0.15) is 0 Å². The first kappa shape index (κ1) is 47.5. The monoisotopic (exact) mass is 913 g/mol. The van der Waals surface area contributed by atoms with Gasteiger partial charge in [0.15, 0.2) is 0 Å². The first-order chi connectivity index (χ1) is 32.4. The highest BCUT2D eigenvalue weighted by molar-refractivity contribution is 6.09. The van der Waals surface area contributed by atoms with Crippen LogP contribution in [0.15, 0.2) is 163 Å². The Labute approximate surface area is 412 Å². The highest BCUT2D eigenvalue weighted by atomic mass is 16.5. The van der Waals surface area contributed by atoms with Crippen LogP contribution in [0, 0.1) is 10.8 Å².